The Hall–Kier alpha value is -2.79. The van der Waals surface area contributed by atoms with Crippen LogP contribution in [0, 0.1) is 0 Å². The number of methoxy groups -OCH3 is 1. The highest BCUT2D eigenvalue weighted by atomic mass is 32.2. The SMILES string of the molecule is COc1cccc(NCCC(=O)N2CCC(N(C(C)C)S(=O)(=O)c3cccc(C(F)(F)F)c3)CC2)c1. The topological polar surface area (TPSA) is 79.0 Å². The number of nitrogens with one attached hydrogen (secondary N) is 1. The van der Waals surface area contributed by atoms with Crippen molar-refractivity contribution in [1.29, 1.82) is 0 Å². The number of hydrogen-bond donors (Lipinski definition) is 1. The van der Waals surface area contributed by atoms with Crippen LogP contribution in [0.15, 0.2) is 53.4 Å². The molecule has 1 aliphatic heterocycles. The van der Waals surface area contributed by atoms with Crippen LogP contribution in [0.4, 0.5) is 18.9 Å². The van der Waals surface area contributed by atoms with Crippen molar-refractivity contribution in [2.75, 3.05) is 32.1 Å². The first-order chi connectivity index (χ1) is 16.9. The molecule has 1 N–H and O–H groups in total. The number of rotatable bonds is 9. The highest BCUT2D eigenvalue weighted by Crippen LogP contribution is 2.33. The summed E-state index contributed by atoms with van der Waals surface area (Å²) in [5.41, 5.74) is -0.163. The summed E-state index contributed by atoms with van der Waals surface area (Å²) in [6, 6.07) is 10.3. The number of amides is 1. The van der Waals surface area contributed by atoms with E-state index in [1.54, 1.807) is 25.9 Å². The molecule has 0 aromatic heterocycles. The van der Waals surface area contributed by atoms with Crippen LogP contribution in [-0.2, 0) is 21.0 Å². The zero-order valence-corrected chi connectivity index (χ0v) is 21.4. The second kappa shape index (κ2) is 11.5. The third-order valence-corrected chi connectivity index (χ3v) is 8.29. The summed E-state index contributed by atoms with van der Waals surface area (Å²) in [7, 11) is -2.58. The first kappa shape index (κ1) is 27.8. The van der Waals surface area contributed by atoms with Gasteiger partial charge in [0.2, 0.25) is 15.9 Å². The minimum atomic E-state index is -4.64. The van der Waals surface area contributed by atoms with Gasteiger partial charge in [0.1, 0.15) is 5.75 Å². The molecule has 0 atom stereocenters. The van der Waals surface area contributed by atoms with E-state index < -0.39 is 33.8 Å². The van der Waals surface area contributed by atoms with Gasteiger partial charge >= 0.3 is 6.18 Å². The van der Waals surface area contributed by atoms with Crippen LogP contribution in [0.2, 0.25) is 0 Å². The van der Waals surface area contributed by atoms with Crippen LogP contribution in [0.5, 0.6) is 5.75 Å². The lowest BCUT2D eigenvalue weighted by Gasteiger charge is -2.39. The number of benzene rings is 2. The number of alkyl halides is 3. The Morgan fingerprint density at radius 2 is 1.81 bits per heavy atom. The molecule has 3 rings (SSSR count). The summed E-state index contributed by atoms with van der Waals surface area (Å²) in [6.07, 6.45) is -3.55. The molecule has 36 heavy (non-hydrogen) atoms. The summed E-state index contributed by atoms with van der Waals surface area (Å²) in [5.74, 6) is 0.670. The maximum atomic E-state index is 13.4. The highest BCUT2D eigenvalue weighted by Gasteiger charge is 2.38. The van der Waals surface area contributed by atoms with Crippen LogP contribution >= 0.6 is 0 Å². The van der Waals surface area contributed by atoms with Crippen molar-refractivity contribution in [1.82, 2.24) is 9.21 Å². The van der Waals surface area contributed by atoms with Gasteiger partial charge in [-0.15, -0.1) is 0 Å². The maximum absolute atomic E-state index is 13.4. The predicted octanol–water partition coefficient (Wildman–Crippen LogP) is 4.61. The third-order valence-electron chi connectivity index (χ3n) is 6.16. The summed E-state index contributed by atoms with van der Waals surface area (Å²) in [4.78, 5) is 14.0. The summed E-state index contributed by atoms with van der Waals surface area (Å²) >= 11 is 0. The van der Waals surface area contributed by atoms with E-state index in [4.69, 9.17) is 4.74 Å². The second-order valence-electron chi connectivity index (χ2n) is 8.97. The third kappa shape index (κ3) is 6.70. The number of carbonyl (C=O) groups is 1. The molecule has 198 valence electrons. The van der Waals surface area contributed by atoms with Crippen molar-refractivity contribution in [2.24, 2.45) is 0 Å². The quantitative estimate of drug-likeness (QED) is 0.516. The Labute approximate surface area is 210 Å². The van der Waals surface area contributed by atoms with Crippen molar-refractivity contribution >= 4 is 21.6 Å². The van der Waals surface area contributed by atoms with Crippen molar-refractivity contribution in [3.8, 4) is 5.75 Å². The lowest BCUT2D eigenvalue weighted by atomic mass is 10.0. The smallest absolute Gasteiger partial charge is 0.416 e. The Balaban J connectivity index is 1.61. The molecule has 2 aromatic carbocycles. The number of ether oxygens (including phenoxy) is 1. The average molecular weight is 528 g/mol. The standard InChI is InChI=1S/C25H32F3N3O4S/c1-18(2)31(36(33,34)23-9-4-6-19(16-23)25(26,27)28)21-11-14-30(15-12-21)24(32)10-13-29-20-7-5-8-22(17-20)35-3/h4-9,16-18,21,29H,10-15H2,1-3H3. The number of nitrogens with zero attached hydrogens (tertiary/aromatic N) is 2. The molecule has 0 unspecified atom stereocenters. The van der Waals surface area contributed by atoms with Crippen LogP contribution in [0.1, 0.15) is 38.7 Å². The van der Waals surface area contributed by atoms with Gasteiger partial charge in [0.25, 0.3) is 0 Å². The fraction of sp³-hybridized carbons (Fsp3) is 0.480. The van der Waals surface area contributed by atoms with E-state index in [1.165, 1.54) is 10.4 Å². The van der Waals surface area contributed by atoms with E-state index in [1.807, 2.05) is 24.3 Å². The minimum absolute atomic E-state index is 0.0410. The zero-order valence-electron chi connectivity index (χ0n) is 20.6. The van der Waals surface area contributed by atoms with Crippen LogP contribution in [-0.4, -0.2) is 62.4 Å². The van der Waals surface area contributed by atoms with Crippen molar-refractivity contribution in [2.45, 2.75) is 56.3 Å². The van der Waals surface area contributed by atoms with E-state index >= 15 is 0 Å². The van der Waals surface area contributed by atoms with Gasteiger partial charge in [0.15, 0.2) is 0 Å². The molecule has 0 saturated carbocycles. The van der Waals surface area contributed by atoms with Crippen molar-refractivity contribution < 1.29 is 31.1 Å². The van der Waals surface area contributed by atoms with Gasteiger partial charge in [-0.05, 0) is 57.0 Å². The number of hydrogen-bond acceptors (Lipinski definition) is 5. The molecule has 1 saturated heterocycles. The van der Waals surface area contributed by atoms with E-state index in [0.717, 1.165) is 17.8 Å². The molecule has 11 heteroatoms. The Morgan fingerprint density at radius 1 is 1.14 bits per heavy atom. The number of halogens is 3. The molecule has 1 heterocycles. The molecular weight excluding hydrogens is 495 g/mol. The van der Waals surface area contributed by atoms with Gasteiger partial charge in [-0.25, -0.2) is 8.42 Å². The molecule has 0 aliphatic carbocycles. The van der Waals surface area contributed by atoms with Gasteiger partial charge in [-0.1, -0.05) is 12.1 Å². The number of piperidine rings is 1. The van der Waals surface area contributed by atoms with E-state index in [0.29, 0.717) is 44.3 Å². The van der Waals surface area contributed by atoms with Gasteiger partial charge in [-0.3, -0.25) is 4.79 Å². The van der Waals surface area contributed by atoms with Crippen molar-refractivity contribution in [3.63, 3.8) is 0 Å². The number of sulfonamides is 1. The largest absolute Gasteiger partial charge is 0.497 e. The number of likely N-dealkylation sites (tertiary alicyclic amines) is 1. The van der Waals surface area contributed by atoms with Crippen LogP contribution in [0.25, 0.3) is 0 Å². The lowest BCUT2D eigenvalue weighted by molar-refractivity contribution is -0.137. The second-order valence-corrected chi connectivity index (χ2v) is 10.8. The first-order valence-electron chi connectivity index (χ1n) is 11.8. The Bertz CT molecular complexity index is 1150. The molecule has 0 bridgehead atoms. The van der Waals surface area contributed by atoms with E-state index in [9.17, 15) is 26.4 Å². The highest BCUT2D eigenvalue weighted by molar-refractivity contribution is 7.89. The van der Waals surface area contributed by atoms with Crippen LogP contribution in [0.3, 0.4) is 0 Å². The van der Waals surface area contributed by atoms with Gasteiger partial charge in [0.05, 0.1) is 17.6 Å². The van der Waals surface area contributed by atoms with Crippen LogP contribution < -0.4 is 10.1 Å². The van der Waals surface area contributed by atoms with Gasteiger partial charge < -0.3 is 15.0 Å². The lowest BCUT2D eigenvalue weighted by Crippen LogP contribution is -2.51. The fourth-order valence-corrected chi connectivity index (χ4v) is 6.35. The number of carbonyl (C=O) groups excluding carboxylic acids is 1. The first-order valence-corrected chi connectivity index (χ1v) is 13.2. The molecule has 0 radical (unpaired) electrons. The maximum Gasteiger partial charge on any atom is 0.416 e. The molecular formula is C25H32F3N3O4S. The zero-order chi connectivity index (χ0) is 26.5. The molecule has 1 fully saturated rings. The van der Waals surface area contributed by atoms with Crippen molar-refractivity contribution in [3.05, 3.63) is 54.1 Å². The fourth-order valence-electron chi connectivity index (χ4n) is 4.42. The summed E-state index contributed by atoms with van der Waals surface area (Å²) in [5, 5.41) is 3.19. The Kier molecular flexibility index (Phi) is 8.89. The molecule has 0 spiro atoms. The normalized spacial score (nSPS) is 15.4. The Morgan fingerprint density at radius 3 is 2.42 bits per heavy atom. The molecule has 7 nitrogen and oxygen atoms in total. The number of anilines is 1. The average Bonchev–Trinajstić information content (AvgIpc) is 2.84. The summed E-state index contributed by atoms with van der Waals surface area (Å²) < 4.78 is 72.6. The predicted molar refractivity (Wildman–Crippen MR) is 131 cm³/mol. The summed E-state index contributed by atoms with van der Waals surface area (Å²) in [6.45, 7) is 4.60. The van der Waals surface area contributed by atoms with E-state index in [2.05, 4.69) is 5.32 Å². The molecule has 1 amide bonds. The molecule has 1 aliphatic rings. The van der Waals surface area contributed by atoms with Gasteiger partial charge in [0, 0.05) is 49.9 Å². The van der Waals surface area contributed by atoms with E-state index in [-0.39, 0.29) is 17.2 Å². The van der Waals surface area contributed by atoms with Gasteiger partial charge in [-0.2, -0.15) is 17.5 Å². The monoisotopic (exact) mass is 527 g/mol. The molecule has 2 aromatic rings. The minimum Gasteiger partial charge on any atom is -0.497 e.